The molecule has 0 saturated carbocycles. The summed E-state index contributed by atoms with van der Waals surface area (Å²) in [5.74, 6) is 0.559. The number of methoxy groups -OCH3 is 1. The minimum Gasteiger partial charge on any atom is -0.491 e. The van der Waals surface area contributed by atoms with Crippen molar-refractivity contribution in [3.63, 3.8) is 0 Å². The van der Waals surface area contributed by atoms with Gasteiger partial charge in [-0.1, -0.05) is 30.9 Å². The molecule has 4 aromatic rings. The molecular formula is C33H37F2N7O2. The van der Waals surface area contributed by atoms with Crippen LogP contribution in [0.25, 0.3) is 22.4 Å². The van der Waals surface area contributed by atoms with E-state index in [0.29, 0.717) is 35.3 Å². The number of nitrogens with one attached hydrogen (secondary N) is 2. The van der Waals surface area contributed by atoms with Crippen LogP contribution in [0.4, 0.5) is 14.6 Å². The first-order valence-corrected chi connectivity index (χ1v) is 14.6. The summed E-state index contributed by atoms with van der Waals surface area (Å²) < 4.78 is 42.2. The number of para-hydroxylation sites is 1. The number of piperidine rings is 1. The van der Waals surface area contributed by atoms with Gasteiger partial charge in [-0.05, 0) is 57.8 Å². The van der Waals surface area contributed by atoms with Gasteiger partial charge in [-0.2, -0.15) is 5.10 Å². The van der Waals surface area contributed by atoms with Crippen molar-refractivity contribution in [1.82, 2.24) is 25.1 Å². The zero-order valence-corrected chi connectivity index (χ0v) is 25.2. The molecule has 1 aliphatic rings. The fourth-order valence-corrected chi connectivity index (χ4v) is 5.24. The zero-order chi connectivity index (χ0) is 31.1. The minimum atomic E-state index is -0.721. The first-order valence-electron chi connectivity index (χ1n) is 14.6. The predicted molar refractivity (Wildman–Crippen MR) is 169 cm³/mol. The lowest BCUT2D eigenvalue weighted by molar-refractivity contribution is 0.146. The summed E-state index contributed by atoms with van der Waals surface area (Å²) in [6.45, 7) is 9.85. The molecule has 0 atom stereocenters. The fraction of sp³-hybridized carbons (Fsp3) is 0.333. The summed E-state index contributed by atoms with van der Waals surface area (Å²) in [6, 6.07) is 9.85. The summed E-state index contributed by atoms with van der Waals surface area (Å²) >= 11 is 0. The molecule has 1 saturated heterocycles. The van der Waals surface area contributed by atoms with Gasteiger partial charge in [-0.3, -0.25) is 4.68 Å². The third-order valence-electron chi connectivity index (χ3n) is 7.31. The van der Waals surface area contributed by atoms with E-state index in [2.05, 4.69) is 22.2 Å². The Balaban J connectivity index is 1.55. The fourth-order valence-electron chi connectivity index (χ4n) is 5.24. The van der Waals surface area contributed by atoms with E-state index in [0.717, 1.165) is 42.6 Å². The van der Waals surface area contributed by atoms with Crippen molar-refractivity contribution in [2.24, 2.45) is 4.99 Å². The Hall–Kier alpha value is -4.48. The molecule has 0 spiro atoms. The van der Waals surface area contributed by atoms with Gasteiger partial charge in [0.05, 0.1) is 18.7 Å². The van der Waals surface area contributed by atoms with Crippen molar-refractivity contribution in [3.05, 3.63) is 89.9 Å². The molecule has 0 radical (unpaired) electrons. The van der Waals surface area contributed by atoms with E-state index in [4.69, 9.17) is 24.5 Å². The topological polar surface area (TPSA) is 98.5 Å². The van der Waals surface area contributed by atoms with Gasteiger partial charge in [0, 0.05) is 47.7 Å². The van der Waals surface area contributed by atoms with Gasteiger partial charge in [0.15, 0.2) is 5.82 Å². The minimum absolute atomic E-state index is 0.0987. The average Bonchev–Trinajstić information content (AvgIpc) is 3.38. The van der Waals surface area contributed by atoms with Gasteiger partial charge in [0.2, 0.25) is 0 Å². The van der Waals surface area contributed by atoms with E-state index in [1.165, 1.54) is 19.2 Å². The molecule has 3 heterocycles. The molecular weight excluding hydrogens is 564 g/mol. The number of rotatable bonds is 12. The van der Waals surface area contributed by atoms with Crippen molar-refractivity contribution in [3.8, 4) is 17.3 Å². The number of hydrogen-bond acceptors (Lipinski definition) is 8. The second kappa shape index (κ2) is 14.3. The molecule has 1 aliphatic heterocycles. The maximum Gasteiger partial charge on any atom is 0.182 e. The molecule has 1 fully saturated rings. The zero-order valence-electron chi connectivity index (χ0n) is 25.2. The average molecular weight is 602 g/mol. The van der Waals surface area contributed by atoms with Crippen molar-refractivity contribution in [2.75, 3.05) is 38.7 Å². The second-order valence-electron chi connectivity index (χ2n) is 10.7. The van der Waals surface area contributed by atoms with Crippen LogP contribution in [0.1, 0.15) is 43.7 Å². The molecule has 230 valence electrons. The molecule has 44 heavy (non-hydrogen) atoms. The van der Waals surface area contributed by atoms with E-state index >= 15 is 8.78 Å². The number of nitrogens with zero attached hydrogens (tertiary/aromatic N) is 5. The molecule has 2 N–H and O–H groups in total. The Morgan fingerprint density at radius 1 is 1.16 bits per heavy atom. The standard InChI is InChI=1S/C33H37F2N7O2/c1-5-8-30(38-21(2)3)39-32-25(22-11-13-36-14-12-22)19-37-33(40-32)31-24-9-6-7-10-29(24)42(41-31)20-26-27(34)17-23(18-28(26)35)44-16-15-43-4/h5-10,17-19,22,36H,1,11-16,20H2,2-4H3,(H,37,39,40)/b30-8+. The van der Waals surface area contributed by atoms with Crippen LogP contribution >= 0.6 is 0 Å². The maximum absolute atomic E-state index is 15.1. The van der Waals surface area contributed by atoms with Crippen LogP contribution in [0.5, 0.6) is 5.75 Å². The Bertz CT molecular complexity index is 1670. The van der Waals surface area contributed by atoms with Gasteiger partial charge in [0.25, 0.3) is 0 Å². The van der Waals surface area contributed by atoms with Crippen LogP contribution < -0.4 is 15.4 Å². The SMILES string of the molecule is C=C/C=C(\N=C(C)C)Nc1nc(-c2nn(Cc3c(F)cc(OCCOC)cc3F)c3ccccc23)ncc1C1CCNCC1. The first-order chi connectivity index (χ1) is 21.4. The number of halogens is 2. The van der Waals surface area contributed by atoms with Crippen molar-refractivity contribution >= 4 is 22.4 Å². The third-order valence-corrected chi connectivity index (χ3v) is 7.31. The molecule has 9 nitrogen and oxygen atoms in total. The number of aliphatic imine (C=N–C) groups is 1. The van der Waals surface area contributed by atoms with Crippen LogP contribution in [0.3, 0.4) is 0 Å². The number of anilines is 1. The third kappa shape index (κ3) is 7.17. The highest BCUT2D eigenvalue weighted by Gasteiger charge is 2.23. The van der Waals surface area contributed by atoms with Crippen LogP contribution in [-0.4, -0.2) is 58.9 Å². The molecule has 0 unspecified atom stereocenters. The van der Waals surface area contributed by atoms with Crippen LogP contribution in [0, 0.1) is 11.6 Å². The molecule has 2 aromatic heterocycles. The van der Waals surface area contributed by atoms with E-state index in [1.54, 1.807) is 16.8 Å². The highest BCUT2D eigenvalue weighted by Crippen LogP contribution is 2.34. The molecule has 5 rings (SSSR count). The van der Waals surface area contributed by atoms with Gasteiger partial charge in [0.1, 0.15) is 41.3 Å². The van der Waals surface area contributed by atoms with E-state index in [1.807, 2.05) is 44.3 Å². The molecule has 11 heteroatoms. The van der Waals surface area contributed by atoms with Crippen LogP contribution in [-0.2, 0) is 11.3 Å². The van der Waals surface area contributed by atoms with Gasteiger partial charge >= 0.3 is 0 Å². The number of allylic oxidation sites excluding steroid dienone is 2. The van der Waals surface area contributed by atoms with E-state index in [9.17, 15) is 0 Å². The lowest BCUT2D eigenvalue weighted by Crippen LogP contribution is -2.27. The maximum atomic E-state index is 15.1. The van der Waals surface area contributed by atoms with Gasteiger partial charge in [-0.25, -0.2) is 23.7 Å². The lowest BCUT2D eigenvalue weighted by atomic mass is 9.91. The predicted octanol–water partition coefficient (Wildman–Crippen LogP) is 6.23. The van der Waals surface area contributed by atoms with Crippen LogP contribution in [0.2, 0.25) is 0 Å². The quantitative estimate of drug-likeness (QED) is 0.113. The molecule has 0 bridgehead atoms. The summed E-state index contributed by atoms with van der Waals surface area (Å²) in [5.41, 5.74) is 2.95. The normalized spacial score (nSPS) is 14.1. The Morgan fingerprint density at radius 2 is 1.91 bits per heavy atom. The van der Waals surface area contributed by atoms with E-state index < -0.39 is 11.6 Å². The first kappa shape index (κ1) is 31.0. The van der Waals surface area contributed by atoms with Gasteiger partial charge < -0.3 is 20.1 Å². The molecule has 2 aromatic carbocycles. The number of ether oxygens (including phenoxy) is 2. The lowest BCUT2D eigenvalue weighted by Gasteiger charge is -2.24. The largest absolute Gasteiger partial charge is 0.491 e. The summed E-state index contributed by atoms with van der Waals surface area (Å²) in [6.07, 6.45) is 7.23. The van der Waals surface area contributed by atoms with Crippen molar-refractivity contribution in [2.45, 2.75) is 39.2 Å². The van der Waals surface area contributed by atoms with Crippen molar-refractivity contribution < 1.29 is 18.3 Å². The Morgan fingerprint density at radius 3 is 2.61 bits per heavy atom. The number of hydrogen-bond donors (Lipinski definition) is 2. The van der Waals surface area contributed by atoms with Crippen molar-refractivity contribution in [1.29, 1.82) is 0 Å². The molecule has 0 aliphatic carbocycles. The molecule has 0 amide bonds. The summed E-state index contributed by atoms with van der Waals surface area (Å²) in [7, 11) is 1.53. The Kier molecular flexibility index (Phi) is 10.1. The van der Waals surface area contributed by atoms with E-state index in [-0.39, 0.29) is 30.4 Å². The summed E-state index contributed by atoms with van der Waals surface area (Å²) in [4.78, 5) is 14.3. The second-order valence-corrected chi connectivity index (χ2v) is 10.7. The highest BCUT2D eigenvalue weighted by molar-refractivity contribution is 5.92. The van der Waals surface area contributed by atoms with Gasteiger partial charge in [-0.15, -0.1) is 0 Å². The smallest absolute Gasteiger partial charge is 0.182 e. The van der Waals surface area contributed by atoms with Crippen LogP contribution in [0.15, 0.2) is 72.1 Å². The monoisotopic (exact) mass is 601 g/mol. The number of fused-ring (bicyclic) bond motifs is 1. The number of benzene rings is 2. The summed E-state index contributed by atoms with van der Waals surface area (Å²) in [5, 5.41) is 12.3. The highest BCUT2D eigenvalue weighted by atomic mass is 19.1. The Labute approximate surface area is 255 Å². The number of aromatic nitrogens is 4.